The number of carboxylic acid groups (broad SMARTS) is 1. The number of amides is 1. The van der Waals surface area contributed by atoms with Gasteiger partial charge in [-0.25, -0.2) is 8.78 Å². The number of hydrogen-bond acceptors (Lipinski definition) is 4. The Hall–Kier alpha value is -3.00. The molecular formula is C24H28F2N2O4. The Balaban J connectivity index is 1.65. The first kappa shape index (κ1) is 23.7. The summed E-state index contributed by atoms with van der Waals surface area (Å²) < 4.78 is 32.5. The Kier molecular flexibility index (Phi) is 7.13. The quantitative estimate of drug-likeness (QED) is 0.604. The number of halogens is 2. The molecular weight excluding hydrogens is 418 g/mol. The minimum absolute atomic E-state index is 0.0421. The second-order valence-corrected chi connectivity index (χ2v) is 8.49. The van der Waals surface area contributed by atoms with Crippen LogP contribution in [0, 0.1) is 11.6 Å². The zero-order valence-corrected chi connectivity index (χ0v) is 18.5. The predicted octanol–water partition coefficient (Wildman–Crippen LogP) is 4.18. The summed E-state index contributed by atoms with van der Waals surface area (Å²) in [5.74, 6) is -1.95. The molecule has 2 aromatic rings. The highest BCUT2D eigenvalue weighted by Gasteiger charge is 2.33. The number of hydrogen-bond donors (Lipinski definition) is 2. The van der Waals surface area contributed by atoms with Crippen LogP contribution in [0.25, 0.3) is 0 Å². The maximum Gasteiger partial charge on any atom is 0.303 e. The van der Waals surface area contributed by atoms with Gasteiger partial charge in [-0.1, -0.05) is 6.07 Å². The summed E-state index contributed by atoms with van der Waals surface area (Å²) in [5, 5.41) is 12.3. The molecule has 6 nitrogen and oxygen atoms in total. The molecule has 0 aliphatic carbocycles. The third kappa shape index (κ3) is 5.24. The number of methoxy groups -OCH3 is 1. The van der Waals surface area contributed by atoms with Crippen LogP contribution in [0.5, 0.6) is 5.75 Å². The fourth-order valence-corrected chi connectivity index (χ4v) is 4.06. The first-order valence-corrected chi connectivity index (χ1v) is 10.5. The molecule has 1 heterocycles. The van der Waals surface area contributed by atoms with Gasteiger partial charge in [0.2, 0.25) is 5.91 Å². The van der Waals surface area contributed by atoms with Crippen LogP contribution < -0.4 is 15.0 Å². The van der Waals surface area contributed by atoms with Gasteiger partial charge in [-0.05, 0) is 61.7 Å². The van der Waals surface area contributed by atoms with E-state index in [1.807, 2.05) is 13.8 Å². The number of nitrogens with one attached hydrogen (secondary N) is 1. The predicted molar refractivity (Wildman–Crippen MR) is 117 cm³/mol. The molecule has 0 saturated heterocycles. The lowest BCUT2D eigenvalue weighted by atomic mass is 9.94. The van der Waals surface area contributed by atoms with Gasteiger partial charge in [0.1, 0.15) is 5.82 Å². The van der Waals surface area contributed by atoms with Crippen molar-refractivity contribution in [3.8, 4) is 5.75 Å². The molecule has 1 atom stereocenters. The van der Waals surface area contributed by atoms with Crippen molar-refractivity contribution < 1.29 is 28.2 Å². The average molecular weight is 446 g/mol. The minimum Gasteiger partial charge on any atom is -0.494 e. The van der Waals surface area contributed by atoms with E-state index in [0.717, 1.165) is 5.56 Å². The number of carbonyl (C=O) groups excluding carboxylic acids is 1. The number of aliphatic carboxylic acids is 1. The first-order chi connectivity index (χ1) is 15.1. The molecule has 0 radical (unpaired) electrons. The standard InChI is InChI=1S/C24H28F2N2O4/c1-24(2,16-5-7-19(26)21(12-16)32-3)27-11-10-22(29)28-14-15(4-9-23(30)31)18-13-17(25)6-8-20(18)28/h5-8,12-13,15,27H,4,9-11,14H2,1-3H3,(H,30,31). The third-order valence-corrected chi connectivity index (χ3v) is 5.91. The molecule has 1 aliphatic rings. The molecule has 1 unspecified atom stereocenters. The van der Waals surface area contributed by atoms with Gasteiger partial charge in [0.25, 0.3) is 0 Å². The van der Waals surface area contributed by atoms with Crippen LogP contribution in [0.3, 0.4) is 0 Å². The van der Waals surface area contributed by atoms with Crippen LogP contribution in [0.1, 0.15) is 50.2 Å². The summed E-state index contributed by atoms with van der Waals surface area (Å²) in [4.78, 5) is 25.5. The molecule has 0 saturated carbocycles. The Morgan fingerprint density at radius 3 is 2.62 bits per heavy atom. The second kappa shape index (κ2) is 9.65. The molecule has 0 aromatic heterocycles. The van der Waals surface area contributed by atoms with E-state index in [9.17, 15) is 18.4 Å². The van der Waals surface area contributed by atoms with Crippen molar-refractivity contribution in [1.29, 1.82) is 0 Å². The van der Waals surface area contributed by atoms with Gasteiger partial charge < -0.3 is 20.1 Å². The Morgan fingerprint density at radius 2 is 1.94 bits per heavy atom. The minimum atomic E-state index is -0.920. The lowest BCUT2D eigenvalue weighted by Crippen LogP contribution is -2.40. The van der Waals surface area contributed by atoms with Crippen LogP contribution in [0.4, 0.5) is 14.5 Å². The van der Waals surface area contributed by atoms with Crippen molar-refractivity contribution in [3.05, 3.63) is 59.2 Å². The van der Waals surface area contributed by atoms with E-state index in [2.05, 4.69) is 5.32 Å². The lowest BCUT2D eigenvalue weighted by molar-refractivity contribution is -0.137. The number of rotatable bonds is 9. The molecule has 0 spiro atoms. The number of nitrogens with zero attached hydrogens (tertiary/aromatic N) is 1. The molecule has 1 aliphatic heterocycles. The molecule has 172 valence electrons. The SMILES string of the molecule is COc1cc(C(C)(C)NCCC(=O)N2CC(CCC(=O)O)c3cc(F)ccc32)ccc1F. The molecule has 32 heavy (non-hydrogen) atoms. The topological polar surface area (TPSA) is 78.9 Å². The number of ether oxygens (including phenoxy) is 1. The number of carbonyl (C=O) groups is 2. The Labute approximate surface area is 186 Å². The van der Waals surface area contributed by atoms with E-state index in [0.29, 0.717) is 30.8 Å². The highest BCUT2D eigenvalue weighted by Crippen LogP contribution is 2.39. The number of carboxylic acids is 1. The van der Waals surface area contributed by atoms with Gasteiger partial charge in [-0.2, -0.15) is 0 Å². The summed E-state index contributed by atoms with van der Waals surface area (Å²) >= 11 is 0. The van der Waals surface area contributed by atoms with E-state index in [1.165, 1.54) is 25.3 Å². The van der Waals surface area contributed by atoms with Crippen molar-refractivity contribution in [1.82, 2.24) is 5.32 Å². The molecule has 0 bridgehead atoms. The van der Waals surface area contributed by atoms with Gasteiger partial charge in [0.15, 0.2) is 11.6 Å². The van der Waals surface area contributed by atoms with Crippen molar-refractivity contribution in [2.45, 2.75) is 44.6 Å². The monoisotopic (exact) mass is 446 g/mol. The highest BCUT2D eigenvalue weighted by molar-refractivity contribution is 5.96. The van der Waals surface area contributed by atoms with Crippen LogP contribution >= 0.6 is 0 Å². The maximum absolute atomic E-state index is 13.8. The van der Waals surface area contributed by atoms with Crippen molar-refractivity contribution in [3.63, 3.8) is 0 Å². The highest BCUT2D eigenvalue weighted by atomic mass is 19.1. The molecule has 0 fully saturated rings. The van der Waals surface area contributed by atoms with Crippen molar-refractivity contribution in [2.24, 2.45) is 0 Å². The molecule has 8 heteroatoms. The molecule has 3 rings (SSSR count). The average Bonchev–Trinajstić information content (AvgIpc) is 3.10. The van der Waals surface area contributed by atoms with Gasteiger partial charge in [-0.3, -0.25) is 9.59 Å². The number of anilines is 1. The number of fused-ring (bicyclic) bond motifs is 1. The smallest absolute Gasteiger partial charge is 0.303 e. The van der Waals surface area contributed by atoms with E-state index < -0.39 is 23.1 Å². The number of benzene rings is 2. The fourth-order valence-electron chi connectivity index (χ4n) is 4.06. The molecule has 2 N–H and O–H groups in total. The van der Waals surface area contributed by atoms with E-state index in [1.54, 1.807) is 23.1 Å². The third-order valence-electron chi connectivity index (χ3n) is 5.91. The summed E-state index contributed by atoms with van der Waals surface area (Å²) in [7, 11) is 1.41. The van der Waals surface area contributed by atoms with Crippen LogP contribution in [-0.2, 0) is 15.1 Å². The molecule has 2 aromatic carbocycles. The zero-order chi connectivity index (χ0) is 23.5. The van der Waals surface area contributed by atoms with E-state index >= 15 is 0 Å². The fraction of sp³-hybridized carbons (Fsp3) is 0.417. The van der Waals surface area contributed by atoms with E-state index in [-0.39, 0.29) is 30.4 Å². The van der Waals surface area contributed by atoms with Crippen LogP contribution in [0.15, 0.2) is 36.4 Å². The Morgan fingerprint density at radius 1 is 1.19 bits per heavy atom. The first-order valence-electron chi connectivity index (χ1n) is 10.5. The molecule has 1 amide bonds. The summed E-state index contributed by atoms with van der Waals surface area (Å²) in [6, 6.07) is 8.92. The van der Waals surface area contributed by atoms with Gasteiger partial charge in [-0.15, -0.1) is 0 Å². The zero-order valence-electron chi connectivity index (χ0n) is 18.5. The van der Waals surface area contributed by atoms with Crippen LogP contribution in [-0.4, -0.2) is 37.2 Å². The summed E-state index contributed by atoms with van der Waals surface area (Å²) in [6.45, 7) is 4.57. The Bertz CT molecular complexity index is 1010. The normalized spacial score (nSPS) is 15.5. The largest absolute Gasteiger partial charge is 0.494 e. The lowest BCUT2D eigenvalue weighted by Gasteiger charge is -2.28. The van der Waals surface area contributed by atoms with Crippen molar-refractivity contribution >= 4 is 17.6 Å². The van der Waals surface area contributed by atoms with E-state index in [4.69, 9.17) is 9.84 Å². The van der Waals surface area contributed by atoms with Crippen molar-refractivity contribution in [2.75, 3.05) is 25.1 Å². The summed E-state index contributed by atoms with van der Waals surface area (Å²) in [5.41, 5.74) is 1.59. The van der Waals surface area contributed by atoms with Gasteiger partial charge in [0, 0.05) is 43.1 Å². The van der Waals surface area contributed by atoms with Gasteiger partial charge >= 0.3 is 5.97 Å². The maximum atomic E-state index is 13.8. The second-order valence-electron chi connectivity index (χ2n) is 8.49. The summed E-state index contributed by atoms with van der Waals surface area (Å²) in [6.07, 6.45) is 0.497. The van der Waals surface area contributed by atoms with Gasteiger partial charge in [0.05, 0.1) is 7.11 Å². The van der Waals surface area contributed by atoms with Crippen LogP contribution in [0.2, 0.25) is 0 Å².